The van der Waals surface area contributed by atoms with Crippen molar-refractivity contribution >= 4 is 28.2 Å². The first-order chi connectivity index (χ1) is 8.71. The molecule has 0 fully saturated rings. The largest absolute Gasteiger partial charge is 0.377 e. The lowest BCUT2D eigenvalue weighted by Crippen LogP contribution is -2.17. The number of benzene rings is 1. The van der Waals surface area contributed by atoms with Gasteiger partial charge in [0.15, 0.2) is 9.84 Å². The molecule has 0 saturated carbocycles. The molecule has 1 aromatic carbocycles. The lowest BCUT2D eigenvalue weighted by Gasteiger charge is -2.21. The lowest BCUT2D eigenvalue weighted by molar-refractivity contribution is 0.591. The molecule has 0 amide bonds. The Balaban J connectivity index is 3.38. The maximum Gasteiger partial charge on any atom is 0.190 e. The zero-order valence-corrected chi connectivity index (χ0v) is 13.9. The first-order valence-electron chi connectivity index (χ1n) is 6.45. The summed E-state index contributed by atoms with van der Waals surface area (Å²) in [5, 5.41) is 0. The van der Waals surface area contributed by atoms with E-state index in [1.807, 2.05) is 32.0 Å². The van der Waals surface area contributed by atoms with E-state index in [0.717, 1.165) is 11.3 Å². The standard InChI is InChI=1S/C14H23NO2S2/c1-6-14(18)19(16,17)11-7-8-12(10(2)3)13(9-11)15(4)5/h7-10,14,18H,6H2,1-5H3. The van der Waals surface area contributed by atoms with Gasteiger partial charge in [-0.15, -0.1) is 0 Å². The van der Waals surface area contributed by atoms with Crippen LogP contribution in [0.15, 0.2) is 23.1 Å². The summed E-state index contributed by atoms with van der Waals surface area (Å²) >= 11 is 4.17. The lowest BCUT2D eigenvalue weighted by atomic mass is 10.0. The maximum atomic E-state index is 12.3. The van der Waals surface area contributed by atoms with Gasteiger partial charge in [0.05, 0.1) is 4.90 Å². The fourth-order valence-electron chi connectivity index (χ4n) is 1.95. The SMILES string of the molecule is CCC(S)S(=O)(=O)c1ccc(C(C)C)c(N(C)C)c1. The summed E-state index contributed by atoms with van der Waals surface area (Å²) in [4.78, 5) is 2.30. The van der Waals surface area contributed by atoms with Gasteiger partial charge in [0.25, 0.3) is 0 Å². The molecule has 0 aliphatic carbocycles. The molecule has 0 aliphatic rings. The molecule has 1 aromatic rings. The van der Waals surface area contributed by atoms with Gasteiger partial charge >= 0.3 is 0 Å². The normalized spacial score (nSPS) is 13.6. The molecule has 5 heteroatoms. The van der Waals surface area contributed by atoms with Crippen molar-refractivity contribution in [2.45, 2.75) is 42.6 Å². The highest BCUT2D eigenvalue weighted by Crippen LogP contribution is 2.31. The monoisotopic (exact) mass is 301 g/mol. The van der Waals surface area contributed by atoms with Crippen molar-refractivity contribution in [3.63, 3.8) is 0 Å². The summed E-state index contributed by atoms with van der Waals surface area (Å²) in [6.07, 6.45) is 0.495. The summed E-state index contributed by atoms with van der Waals surface area (Å²) in [5.41, 5.74) is 2.10. The van der Waals surface area contributed by atoms with Crippen molar-refractivity contribution in [1.82, 2.24) is 0 Å². The Kier molecular flexibility index (Phi) is 5.33. The average Bonchev–Trinajstić information content (AvgIpc) is 2.36. The summed E-state index contributed by atoms with van der Waals surface area (Å²) in [5.74, 6) is 0.354. The number of thiol groups is 1. The van der Waals surface area contributed by atoms with Gasteiger partial charge in [-0.1, -0.05) is 26.8 Å². The van der Waals surface area contributed by atoms with Gasteiger partial charge in [0.2, 0.25) is 0 Å². The number of sulfone groups is 1. The van der Waals surface area contributed by atoms with Crippen LogP contribution >= 0.6 is 12.6 Å². The van der Waals surface area contributed by atoms with Crippen LogP contribution in [0.4, 0.5) is 5.69 Å². The van der Waals surface area contributed by atoms with Gasteiger partial charge < -0.3 is 4.90 Å². The molecule has 0 radical (unpaired) electrons. The molecule has 0 aliphatic heterocycles. The topological polar surface area (TPSA) is 37.4 Å². The average molecular weight is 301 g/mol. The van der Waals surface area contributed by atoms with Gasteiger partial charge in [-0.3, -0.25) is 0 Å². The van der Waals surface area contributed by atoms with Crippen LogP contribution in [0.3, 0.4) is 0 Å². The fourth-order valence-corrected chi connectivity index (χ4v) is 3.60. The first kappa shape index (κ1) is 16.4. The van der Waals surface area contributed by atoms with E-state index < -0.39 is 14.4 Å². The molecule has 0 N–H and O–H groups in total. The molecule has 1 unspecified atom stereocenters. The second-order valence-corrected chi connectivity index (χ2v) is 8.28. The Bertz CT molecular complexity index is 536. The van der Waals surface area contributed by atoms with Gasteiger partial charge in [-0.2, -0.15) is 12.6 Å². The van der Waals surface area contributed by atoms with Gasteiger partial charge in [-0.05, 0) is 30.0 Å². The highest BCUT2D eigenvalue weighted by Gasteiger charge is 2.24. The van der Waals surface area contributed by atoms with Crippen LogP contribution in [0.5, 0.6) is 0 Å². The van der Waals surface area contributed by atoms with Crippen molar-refractivity contribution in [3.8, 4) is 0 Å². The van der Waals surface area contributed by atoms with Crippen LogP contribution in [0, 0.1) is 0 Å². The predicted molar refractivity (Wildman–Crippen MR) is 85.1 cm³/mol. The zero-order valence-electron chi connectivity index (χ0n) is 12.2. The van der Waals surface area contributed by atoms with E-state index in [9.17, 15) is 8.42 Å². The van der Waals surface area contributed by atoms with Crippen LogP contribution in [-0.4, -0.2) is 27.1 Å². The smallest absolute Gasteiger partial charge is 0.190 e. The highest BCUT2D eigenvalue weighted by atomic mass is 32.2. The summed E-state index contributed by atoms with van der Waals surface area (Å²) in [7, 11) is 0.502. The van der Waals surface area contributed by atoms with Gasteiger partial charge in [-0.25, -0.2) is 8.42 Å². The molecule has 0 bridgehead atoms. The highest BCUT2D eigenvalue weighted by molar-refractivity contribution is 8.04. The number of nitrogens with zero attached hydrogens (tertiary/aromatic N) is 1. The Hall–Kier alpha value is -0.680. The van der Waals surface area contributed by atoms with E-state index >= 15 is 0 Å². The van der Waals surface area contributed by atoms with E-state index in [4.69, 9.17) is 0 Å². The number of hydrogen-bond acceptors (Lipinski definition) is 4. The molecule has 1 atom stereocenters. The molecule has 1 rings (SSSR count). The minimum atomic E-state index is -3.35. The number of anilines is 1. The quantitative estimate of drug-likeness (QED) is 0.848. The van der Waals surface area contributed by atoms with Crippen molar-refractivity contribution in [2.24, 2.45) is 0 Å². The van der Waals surface area contributed by atoms with E-state index in [1.165, 1.54) is 0 Å². The molecule has 0 aromatic heterocycles. The van der Waals surface area contributed by atoms with E-state index in [1.54, 1.807) is 12.1 Å². The molecule has 3 nitrogen and oxygen atoms in total. The summed E-state index contributed by atoms with van der Waals surface area (Å²) in [6.45, 7) is 6.03. The van der Waals surface area contributed by atoms with Crippen LogP contribution < -0.4 is 4.90 Å². The minimum absolute atomic E-state index is 0.349. The number of rotatable bonds is 5. The molecule has 0 saturated heterocycles. The van der Waals surface area contributed by atoms with Crippen LogP contribution in [0.1, 0.15) is 38.7 Å². The van der Waals surface area contributed by atoms with E-state index in [-0.39, 0.29) is 0 Å². The second kappa shape index (κ2) is 6.18. The van der Waals surface area contributed by atoms with Crippen molar-refractivity contribution < 1.29 is 8.42 Å². The zero-order chi connectivity index (χ0) is 14.8. The third-order valence-electron chi connectivity index (χ3n) is 3.14. The van der Waals surface area contributed by atoms with Crippen LogP contribution in [0.25, 0.3) is 0 Å². The van der Waals surface area contributed by atoms with Crippen molar-refractivity contribution in [1.29, 1.82) is 0 Å². The second-order valence-electron chi connectivity index (χ2n) is 5.18. The first-order valence-corrected chi connectivity index (χ1v) is 8.51. The van der Waals surface area contributed by atoms with Crippen LogP contribution in [0.2, 0.25) is 0 Å². The van der Waals surface area contributed by atoms with Gasteiger partial charge in [0.1, 0.15) is 4.58 Å². The molecule has 0 heterocycles. The Morgan fingerprint density at radius 3 is 2.26 bits per heavy atom. The number of hydrogen-bond donors (Lipinski definition) is 1. The van der Waals surface area contributed by atoms with Gasteiger partial charge in [0, 0.05) is 19.8 Å². The summed E-state index contributed by atoms with van der Waals surface area (Å²) < 4.78 is 24.0. The third-order valence-corrected chi connectivity index (χ3v) is 6.30. The minimum Gasteiger partial charge on any atom is -0.377 e. The Morgan fingerprint density at radius 2 is 1.84 bits per heavy atom. The molecular weight excluding hydrogens is 278 g/mol. The van der Waals surface area contributed by atoms with Crippen LogP contribution in [-0.2, 0) is 9.84 Å². The summed E-state index contributed by atoms with van der Waals surface area (Å²) in [6, 6.07) is 5.35. The predicted octanol–water partition coefficient (Wildman–Crippen LogP) is 3.32. The molecule has 0 spiro atoms. The molecule has 108 valence electrons. The fraction of sp³-hybridized carbons (Fsp3) is 0.571. The molecular formula is C14H23NO2S2. The Morgan fingerprint density at radius 1 is 1.26 bits per heavy atom. The Labute approximate surface area is 122 Å². The van der Waals surface area contributed by atoms with Crippen molar-refractivity contribution in [3.05, 3.63) is 23.8 Å². The van der Waals surface area contributed by atoms with Crippen molar-refractivity contribution in [2.75, 3.05) is 19.0 Å². The van der Waals surface area contributed by atoms with E-state index in [2.05, 4.69) is 26.5 Å². The molecule has 19 heavy (non-hydrogen) atoms. The van der Waals surface area contributed by atoms with E-state index in [0.29, 0.717) is 17.2 Å². The third kappa shape index (κ3) is 3.45. The maximum absolute atomic E-state index is 12.3.